The Bertz CT molecular complexity index is 1110. The third-order valence-electron chi connectivity index (χ3n) is 3.96. The molecule has 2 aromatic heterocycles. The number of nitrogens with one attached hydrogen (secondary N) is 2. The third kappa shape index (κ3) is 3.52. The number of imidazole rings is 1. The first-order chi connectivity index (χ1) is 12.6. The highest BCUT2D eigenvalue weighted by atomic mass is 35.5. The van der Waals surface area contributed by atoms with Gasteiger partial charge in [0, 0.05) is 11.9 Å². The van der Waals surface area contributed by atoms with E-state index in [4.69, 9.17) is 11.6 Å². The van der Waals surface area contributed by atoms with Gasteiger partial charge in [-0.05, 0) is 35.9 Å². The van der Waals surface area contributed by atoms with Crippen molar-refractivity contribution in [3.63, 3.8) is 0 Å². The van der Waals surface area contributed by atoms with Gasteiger partial charge in [0.05, 0.1) is 15.8 Å². The van der Waals surface area contributed by atoms with Crippen molar-refractivity contribution >= 4 is 56.9 Å². The Kier molecular flexibility index (Phi) is 4.53. The number of thioether (sulfide) groups is 1. The van der Waals surface area contributed by atoms with Gasteiger partial charge in [0.2, 0.25) is 5.91 Å². The van der Waals surface area contributed by atoms with Crippen molar-refractivity contribution in [1.29, 1.82) is 0 Å². The molecule has 130 valence electrons. The van der Waals surface area contributed by atoms with Crippen LogP contribution in [0, 0.1) is 0 Å². The number of fused-ring (bicyclic) bond motifs is 2. The van der Waals surface area contributed by atoms with E-state index in [1.54, 1.807) is 12.3 Å². The maximum atomic E-state index is 12.5. The Morgan fingerprint density at radius 1 is 1.19 bits per heavy atom. The molecule has 2 N–H and O–H groups in total. The number of pyridine rings is 1. The molecule has 0 fully saturated rings. The molecule has 4 aromatic rings. The number of nitrogens with zero attached hydrogens (tertiary/aromatic N) is 2. The Hall–Kier alpha value is -2.57. The van der Waals surface area contributed by atoms with Gasteiger partial charge in [-0.1, -0.05) is 53.7 Å². The largest absolute Gasteiger partial charge is 0.331 e. The van der Waals surface area contributed by atoms with Crippen LogP contribution in [0.3, 0.4) is 0 Å². The second-order valence-corrected chi connectivity index (χ2v) is 7.64. The SMILES string of the molecule is C[C@H](Sc1nc2ncc(Cl)cc2[nH]1)C(=O)Nc1ccc2ccccc2c1. The van der Waals surface area contributed by atoms with E-state index < -0.39 is 0 Å². The quantitative estimate of drug-likeness (QED) is 0.493. The summed E-state index contributed by atoms with van der Waals surface area (Å²) in [4.78, 5) is 24.2. The number of hydrogen-bond acceptors (Lipinski definition) is 4. The number of hydrogen-bond donors (Lipinski definition) is 2. The number of aromatic amines is 1. The predicted octanol–water partition coefficient (Wildman–Crippen LogP) is 4.88. The molecule has 2 heterocycles. The molecular formula is C19H15ClN4OS. The van der Waals surface area contributed by atoms with Gasteiger partial charge in [0.15, 0.2) is 10.8 Å². The molecule has 0 bridgehead atoms. The minimum absolute atomic E-state index is 0.0864. The summed E-state index contributed by atoms with van der Waals surface area (Å²) in [5.74, 6) is -0.0864. The lowest BCUT2D eigenvalue weighted by atomic mass is 10.1. The van der Waals surface area contributed by atoms with Gasteiger partial charge in [0.1, 0.15) is 0 Å². The maximum absolute atomic E-state index is 12.5. The molecule has 2 aromatic carbocycles. The van der Waals surface area contributed by atoms with Crippen molar-refractivity contribution in [3.8, 4) is 0 Å². The third-order valence-corrected chi connectivity index (χ3v) is 5.15. The number of amides is 1. The fourth-order valence-corrected chi connectivity index (χ4v) is 3.61. The van der Waals surface area contributed by atoms with E-state index in [1.807, 2.05) is 49.4 Å². The molecule has 0 unspecified atom stereocenters. The average Bonchev–Trinajstić information content (AvgIpc) is 3.02. The standard InChI is InChI=1S/C19H15ClN4OS/c1-11(26-19-23-16-9-14(20)10-21-17(16)24-19)18(25)22-15-7-6-12-4-2-3-5-13(12)8-15/h2-11H,1H3,(H,22,25)(H,21,23,24)/t11-/m0/s1. The molecule has 0 aliphatic carbocycles. The number of benzene rings is 2. The number of aromatic nitrogens is 3. The highest BCUT2D eigenvalue weighted by Crippen LogP contribution is 2.25. The van der Waals surface area contributed by atoms with Crippen LogP contribution in [0.15, 0.2) is 59.9 Å². The Morgan fingerprint density at radius 3 is 2.85 bits per heavy atom. The van der Waals surface area contributed by atoms with Crippen LogP contribution in [0.2, 0.25) is 5.02 Å². The van der Waals surface area contributed by atoms with Gasteiger partial charge < -0.3 is 10.3 Å². The van der Waals surface area contributed by atoms with Crippen molar-refractivity contribution < 1.29 is 4.79 Å². The molecule has 1 atom stereocenters. The molecule has 0 radical (unpaired) electrons. The van der Waals surface area contributed by atoms with E-state index in [9.17, 15) is 4.79 Å². The van der Waals surface area contributed by atoms with Crippen molar-refractivity contribution in [3.05, 3.63) is 59.8 Å². The van der Waals surface area contributed by atoms with E-state index in [-0.39, 0.29) is 11.2 Å². The second kappa shape index (κ2) is 6.97. The average molecular weight is 383 g/mol. The first kappa shape index (κ1) is 16.9. The summed E-state index contributed by atoms with van der Waals surface area (Å²) >= 11 is 7.28. The van der Waals surface area contributed by atoms with E-state index in [0.29, 0.717) is 15.8 Å². The monoisotopic (exact) mass is 382 g/mol. The molecule has 0 spiro atoms. The van der Waals surface area contributed by atoms with Crippen LogP contribution in [0.5, 0.6) is 0 Å². The number of rotatable bonds is 4. The molecular weight excluding hydrogens is 368 g/mol. The number of anilines is 1. The van der Waals surface area contributed by atoms with Gasteiger partial charge in [0.25, 0.3) is 0 Å². The van der Waals surface area contributed by atoms with Gasteiger partial charge in [-0.15, -0.1) is 0 Å². The number of halogens is 1. The molecule has 26 heavy (non-hydrogen) atoms. The molecule has 0 saturated heterocycles. The van der Waals surface area contributed by atoms with Crippen LogP contribution in [-0.4, -0.2) is 26.1 Å². The van der Waals surface area contributed by atoms with Crippen molar-refractivity contribution in [2.45, 2.75) is 17.3 Å². The zero-order chi connectivity index (χ0) is 18.1. The maximum Gasteiger partial charge on any atom is 0.237 e. The van der Waals surface area contributed by atoms with Crippen LogP contribution < -0.4 is 5.32 Å². The van der Waals surface area contributed by atoms with Crippen molar-refractivity contribution in [1.82, 2.24) is 15.0 Å². The fourth-order valence-electron chi connectivity index (χ4n) is 2.64. The van der Waals surface area contributed by atoms with E-state index in [2.05, 4.69) is 20.3 Å². The van der Waals surface area contributed by atoms with Crippen LogP contribution in [-0.2, 0) is 4.79 Å². The summed E-state index contributed by atoms with van der Waals surface area (Å²) < 4.78 is 0. The smallest absolute Gasteiger partial charge is 0.237 e. The van der Waals surface area contributed by atoms with Gasteiger partial charge in [-0.25, -0.2) is 9.97 Å². The fraction of sp³-hybridized carbons (Fsp3) is 0.105. The minimum atomic E-state index is -0.322. The molecule has 0 aliphatic heterocycles. The Balaban J connectivity index is 1.47. The molecule has 5 nitrogen and oxygen atoms in total. The summed E-state index contributed by atoms with van der Waals surface area (Å²) in [5, 5.41) is 6.04. The highest BCUT2D eigenvalue weighted by molar-refractivity contribution is 8.00. The van der Waals surface area contributed by atoms with Gasteiger partial charge in [-0.3, -0.25) is 4.79 Å². The van der Waals surface area contributed by atoms with E-state index >= 15 is 0 Å². The topological polar surface area (TPSA) is 70.7 Å². The lowest BCUT2D eigenvalue weighted by molar-refractivity contribution is -0.115. The Morgan fingerprint density at radius 2 is 2.00 bits per heavy atom. The van der Waals surface area contributed by atoms with E-state index in [1.165, 1.54) is 11.8 Å². The lowest BCUT2D eigenvalue weighted by Gasteiger charge is -2.11. The summed E-state index contributed by atoms with van der Waals surface area (Å²) in [6, 6.07) is 15.7. The minimum Gasteiger partial charge on any atom is -0.331 e. The van der Waals surface area contributed by atoms with Crippen LogP contribution in [0.25, 0.3) is 21.9 Å². The highest BCUT2D eigenvalue weighted by Gasteiger charge is 2.17. The molecule has 1 amide bonds. The molecule has 7 heteroatoms. The summed E-state index contributed by atoms with van der Waals surface area (Å²) in [6.45, 7) is 1.84. The molecule has 4 rings (SSSR count). The van der Waals surface area contributed by atoms with Crippen LogP contribution in [0.1, 0.15) is 6.92 Å². The first-order valence-electron chi connectivity index (χ1n) is 8.06. The van der Waals surface area contributed by atoms with Gasteiger partial charge in [-0.2, -0.15) is 0 Å². The lowest BCUT2D eigenvalue weighted by Crippen LogP contribution is -2.22. The molecule has 0 saturated carbocycles. The number of carbonyl (C=O) groups excluding carboxylic acids is 1. The second-order valence-electron chi connectivity index (χ2n) is 5.88. The summed E-state index contributed by atoms with van der Waals surface area (Å²) in [7, 11) is 0. The predicted molar refractivity (Wildman–Crippen MR) is 107 cm³/mol. The van der Waals surface area contributed by atoms with Gasteiger partial charge >= 0.3 is 0 Å². The summed E-state index contributed by atoms with van der Waals surface area (Å²) in [6.07, 6.45) is 1.55. The zero-order valence-electron chi connectivity index (χ0n) is 13.9. The number of carbonyl (C=O) groups is 1. The number of H-pyrrole nitrogens is 1. The molecule has 0 aliphatic rings. The van der Waals surface area contributed by atoms with E-state index in [0.717, 1.165) is 22.0 Å². The summed E-state index contributed by atoms with van der Waals surface area (Å²) in [5.41, 5.74) is 2.11. The first-order valence-corrected chi connectivity index (χ1v) is 9.32. The zero-order valence-corrected chi connectivity index (χ0v) is 15.4. The Labute approximate surface area is 159 Å². The van der Waals surface area contributed by atoms with Crippen LogP contribution >= 0.6 is 23.4 Å². The van der Waals surface area contributed by atoms with Crippen molar-refractivity contribution in [2.24, 2.45) is 0 Å². The normalized spacial score (nSPS) is 12.4. The van der Waals surface area contributed by atoms with Crippen LogP contribution in [0.4, 0.5) is 5.69 Å². The van der Waals surface area contributed by atoms with Crippen molar-refractivity contribution in [2.75, 3.05) is 5.32 Å².